The van der Waals surface area contributed by atoms with Crippen LogP contribution in [-0.2, 0) is 10.0 Å². The van der Waals surface area contributed by atoms with Gasteiger partial charge in [-0.25, -0.2) is 8.42 Å². The lowest BCUT2D eigenvalue weighted by Gasteiger charge is -2.29. The fourth-order valence-corrected chi connectivity index (χ4v) is 4.66. The maximum Gasteiger partial charge on any atom is 0.417 e. The van der Waals surface area contributed by atoms with Crippen LogP contribution >= 0.6 is 11.3 Å². The third-order valence-electron chi connectivity index (χ3n) is 3.43. The van der Waals surface area contributed by atoms with E-state index in [0.717, 1.165) is 4.31 Å². The molecule has 0 aliphatic carbocycles. The lowest BCUT2D eigenvalue weighted by atomic mass is 9.94. The van der Waals surface area contributed by atoms with Crippen LogP contribution < -0.4 is 0 Å². The Hall–Kier alpha value is -0.640. The summed E-state index contributed by atoms with van der Waals surface area (Å²) in [4.78, 5) is 0.0833. The van der Waals surface area contributed by atoms with Crippen molar-refractivity contribution in [3.05, 3.63) is 16.8 Å². The molecule has 1 saturated heterocycles. The molecule has 0 saturated carbocycles. The predicted octanol–water partition coefficient (Wildman–Crippen LogP) is 2.22. The highest BCUT2D eigenvalue weighted by molar-refractivity contribution is 7.89. The Morgan fingerprint density at radius 2 is 2.00 bits per heavy atom. The van der Waals surface area contributed by atoms with Crippen LogP contribution in [0, 0.1) is 0 Å². The van der Waals surface area contributed by atoms with E-state index in [1.54, 1.807) is 5.38 Å². The maximum atomic E-state index is 12.8. The molecule has 0 amide bonds. The molecule has 2 heterocycles. The number of nitrogens with zero attached hydrogens (tertiary/aromatic N) is 1. The molecule has 114 valence electrons. The van der Waals surface area contributed by atoms with Gasteiger partial charge in [0.2, 0.25) is 10.0 Å². The van der Waals surface area contributed by atoms with Gasteiger partial charge in [-0.3, -0.25) is 0 Å². The van der Waals surface area contributed by atoms with Crippen molar-refractivity contribution in [2.75, 3.05) is 13.1 Å². The third-order valence-corrected chi connectivity index (χ3v) is 6.16. The normalized spacial score (nSPS) is 26.4. The van der Waals surface area contributed by atoms with E-state index >= 15 is 0 Å². The van der Waals surface area contributed by atoms with Crippen molar-refractivity contribution in [3.8, 4) is 0 Å². The summed E-state index contributed by atoms with van der Waals surface area (Å²) < 4.78 is 63.8. The molecule has 1 aromatic rings. The second kappa shape index (κ2) is 5.28. The number of sulfonamides is 1. The van der Waals surface area contributed by atoms with Gasteiger partial charge in [-0.15, -0.1) is 0 Å². The van der Waals surface area contributed by atoms with Crippen LogP contribution in [0.1, 0.15) is 19.3 Å². The van der Waals surface area contributed by atoms with Crippen LogP contribution in [-0.4, -0.2) is 42.7 Å². The first kappa shape index (κ1) is 15.7. The Morgan fingerprint density at radius 3 is 2.55 bits per heavy atom. The molecule has 1 N–H and O–H groups in total. The lowest BCUT2D eigenvalue weighted by Crippen LogP contribution is -2.46. The zero-order valence-corrected chi connectivity index (χ0v) is 12.1. The standard InChI is InChI=1S/C11H14F3NO3S2/c12-11(13,14)10(16)3-1-5-15(6-4-10)20(17,18)9-2-7-19-8-9/h2,7-8,16H,1,3-6H2. The van der Waals surface area contributed by atoms with Crippen molar-refractivity contribution < 1.29 is 26.7 Å². The van der Waals surface area contributed by atoms with E-state index in [2.05, 4.69) is 0 Å². The molecule has 0 radical (unpaired) electrons. The van der Waals surface area contributed by atoms with Crippen molar-refractivity contribution in [1.82, 2.24) is 4.31 Å². The predicted molar refractivity (Wildman–Crippen MR) is 67.9 cm³/mol. The van der Waals surface area contributed by atoms with Gasteiger partial charge < -0.3 is 5.11 Å². The van der Waals surface area contributed by atoms with Crippen molar-refractivity contribution in [1.29, 1.82) is 0 Å². The molecule has 1 fully saturated rings. The summed E-state index contributed by atoms with van der Waals surface area (Å²) in [6.45, 7) is -0.356. The first-order chi connectivity index (χ1) is 9.17. The second-order valence-electron chi connectivity index (χ2n) is 4.75. The Balaban J connectivity index is 2.19. The molecule has 20 heavy (non-hydrogen) atoms. The molecule has 0 aromatic carbocycles. The van der Waals surface area contributed by atoms with Crippen LogP contribution in [0.25, 0.3) is 0 Å². The highest BCUT2D eigenvalue weighted by Crippen LogP contribution is 2.39. The summed E-state index contributed by atoms with van der Waals surface area (Å²) in [6, 6.07) is 1.42. The number of thiophene rings is 1. The average Bonchev–Trinajstić information content (AvgIpc) is 2.78. The fourth-order valence-electron chi connectivity index (χ4n) is 2.17. The molecule has 2 rings (SSSR count). The minimum absolute atomic E-state index is 0.0173. The molecule has 9 heteroatoms. The summed E-state index contributed by atoms with van der Waals surface area (Å²) in [5.41, 5.74) is -2.80. The number of hydrogen-bond acceptors (Lipinski definition) is 4. The quantitative estimate of drug-likeness (QED) is 0.905. The largest absolute Gasteiger partial charge is 0.417 e. The summed E-state index contributed by atoms with van der Waals surface area (Å²) >= 11 is 1.20. The monoisotopic (exact) mass is 329 g/mol. The summed E-state index contributed by atoms with van der Waals surface area (Å²) in [5.74, 6) is 0. The van der Waals surface area contributed by atoms with Gasteiger partial charge in [0.1, 0.15) is 0 Å². The zero-order valence-electron chi connectivity index (χ0n) is 10.4. The molecule has 4 nitrogen and oxygen atoms in total. The smallest absolute Gasteiger partial charge is 0.380 e. The summed E-state index contributed by atoms with van der Waals surface area (Å²) in [6.07, 6.45) is -5.89. The zero-order chi connectivity index (χ0) is 15.0. The van der Waals surface area contributed by atoms with E-state index in [0.29, 0.717) is 0 Å². The van der Waals surface area contributed by atoms with Gasteiger partial charge in [0, 0.05) is 18.5 Å². The molecule has 1 aliphatic rings. The van der Waals surface area contributed by atoms with Gasteiger partial charge in [0.05, 0.1) is 4.90 Å². The van der Waals surface area contributed by atoms with E-state index in [9.17, 15) is 26.7 Å². The van der Waals surface area contributed by atoms with Crippen molar-refractivity contribution in [2.24, 2.45) is 0 Å². The average molecular weight is 329 g/mol. The topological polar surface area (TPSA) is 57.6 Å². The van der Waals surface area contributed by atoms with Gasteiger partial charge in [0.15, 0.2) is 5.60 Å². The number of hydrogen-bond donors (Lipinski definition) is 1. The minimum Gasteiger partial charge on any atom is -0.380 e. The van der Waals surface area contributed by atoms with Gasteiger partial charge in [0.25, 0.3) is 0 Å². The Bertz CT molecular complexity index is 556. The first-order valence-electron chi connectivity index (χ1n) is 5.98. The summed E-state index contributed by atoms with van der Waals surface area (Å²) in [5, 5.41) is 12.7. The van der Waals surface area contributed by atoms with E-state index in [1.165, 1.54) is 22.8 Å². The van der Waals surface area contributed by atoms with E-state index in [4.69, 9.17) is 0 Å². The molecular weight excluding hydrogens is 315 g/mol. The lowest BCUT2D eigenvalue weighted by molar-refractivity contribution is -0.263. The van der Waals surface area contributed by atoms with Gasteiger partial charge >= 0.3 is 6.18 Å². The fraction of sp³-hybridized carbons (Fsp3) is 0.636. The van der Waals surface area contributed by atoms with Crippen LogP contribution in [0.4, 0.5) is 13.2 Å². The highest BCUT2D eigenvalue weighted by Gasteiger charge is 2.54. The Kier molecular flexibility index (Phi) is 4.16. The van der Waals surface area contributed by atoms with Gasteiger partial charge in [-0.05, 0) is 30.7 Å². The second-order valence-corrected chi connectivity index (χ2v) is 7.46. The molecule has 1 aliphatic heterocycles. The highest BCUT2D eigenvalue weighted by atomic mass is 32.2. The minimum atomic E-state index is -4.74. The molecule has 0 spiro atoms. The van der Waals surface area contributed by atoms with Crippen molar-refractivity contribution >= 4 is 21.4 Å². The van der Waals surface area contributed by atoms with Crippen LogP contribution in [0.3, 0.4) is 0 Å². The van der Waals surface area contributed by atoms with Crippen LogP contribution in [0.15, 0.2) is 21.7 Å². The van der Waals surface area contributed by atoms with E-state index in [1.807, 2.05) is 0 Å². The van der Waals surface area contributed by atoms with Gasteiger partial charge in [-0.2, -0.15) is 28.8 Å². The third kappa shape index (κ3) is 2.85. The van der Waals surface area contributed by atoms with Crippen LogP contribution in [0.2, 0.25) is 0 Å². The molecule has 1 unspecified atom stereocenters. The number of aliphatic hydroxyl groups is 1. The number of alkyl halides is 3. The molecule has 0 bridgehead atoms. The van der Waals surface area contributed by atoms with E-state index < -0.39 is 34.6 Å². The summed E-state index contributed by atoms with van der Waals surface area (Å²) in [7, 11) is -3.77. The van der Waals surface area contributed by atoms with Crippen molar-refractivity contribution in [2.45, 2.75) is 35.9 Å². The first-order valence-corrected chi connectivity index (χ1v) is 8.37. The van der Waals surface area contributed by atoms with Gasteiger partial charge in [-0.1, -0.05) is 0 Å². The van der Waals surface area contributed by atoms with Crippen LogP contribution in [0.5, 0.6) is 0 Å². The molecule has 1 atom stereocenters. The van der Waals surface area contributed by atoms with E-state index in [-0.39, 0.29) is 24.4 Å². The Morgan fingerprint density at radius 1 is 1.30 bits per heavy atom. The Labute approximate surface area is 118 Å². The number of rotatable bonds is 2. The molecule has 1 aromatic heterocycles. The molecular formula is C11H14F3NO3S2. The maximum absolute atomic E-state index is 12.8. The SMILES string of the molecule is O=S(=O)(c1ccsc1)N1CCCC(O)(C(F)(F)F)CC1. The number of halogens is 3. The van der Waals surface area contributed by atoms with Crippen molar-refractivity contribution in [3.63, 3.8) is 0 Å².